The summed E-state index contributed by atoms with van der Waals surface area (Å²) in [5.74, 6) is 0.482. The van der Waals surface area contributed by atoms with Gasteiger partial charge >= 0.3 is 0 Å². The van der Waals surface area contributed by atoms with E-state index in [0.717, 1.165) is 5.56 Å². The highest BCUT2D eigenvalue weighted by atomic mass is 16.5. The molecule has 0 bridgehead atoms. The number of aromatic nitrogens is 3. The van der Waals surface area contributed by atoms with E-state index in [-0.39, 0.29) is 37.1 Å². The number of H-pyrrole nitrogens is 1. The van der Waals surface area contributed by atoms with Crippen LogP contribution in [-0.2, 0) is 6.54 Å². The molecule has 0 radical (unpaired) electrons. The van der Waals surface area contributed by atoms with Crippen molar-refractivity contribution >= 4 is 12.2 Å². The van der Waals surface area contributed by atoms with Crippen molar-refractivity contribution in [3.8, 4) is 5.75 Å². The van der Waals surface area contributed by atoms with Crippen LogP contribution in [0.2, 0.25) is 0 Å². The molecule has 8 nitrogen and oxygen atoms in total. The molecule has 0 spiro atoms. The van der Waals surface area contributed by atoms with Crippen molar-refractivity contribution in [3.63, 3.8) is 0 Å². The number of hydrogen-bond acceptors (Lipinski definition) is 6. The van der Waals surface area contributed by atoms with Gasteiger partial charge in [-0.3, -0.25) is 19.1 Å². The van der Waals surface area contributed by atoms with E-state index in [1.807, 2.05) is 30.3 Å². The van der Waals surface area contributed by atoms with Crippen LogP contribution in [0.5, 0.6) is 5.75 Å². The van der Waals surface area contributed by atoms with Crippen molar-refractivity contribution in [3.05, 3.63) is 91.3 Å². The molecular weight excluding hydrogens is 374 g/mol. The van der Waals surface area contributed by atoms with Gasteiger partial charge in [0.05, 0.1) is 25.1 Å². The van der Waals surface area contributed by atoms with Crippen LogP contribution in [0.1, 0.15) is 11.3 Å². The highest BCUT2D eigenvalue weighted by molar-refractivity contribution is 5.48. The molecule has 2 aromatic heterocycles. The van der Waals surface area contributed by atoms with Crippen LogP contribution in [0, 0.1) is 0 Å². The zero-order chi connectivity index (χ0) is 20.6. The Morgan fingerprint density at radius 3 is 2.48 bits per heavy atom. The third-order valence-corrected chi connectivity index (χ3v) is 4.09. The van der Waals surface area contributed by atoms with Crippen LogP contribution in [0.4, 0.5) is 0 Å². The summed E-state index contributed by atoms with van der Waals surface area (Å²) in [5, 5.41) is 18.4. The first-order valence-electron chi connectivity index (χ1n) is 9.04. The lowest BCUT2D eigenvalue weighted by Gasteiger charge is -2.05. The number of nitrogens with one attached hydrogen (secondary N) is 1. The zero-order valence-corrected chi connectivity index (χ0v) is 15.6. The van der Waals surface area contributed by atoms with Gasteiger partial charge in [0.2, 0.25) is 0 Å². The molecule has 150 valence electrons. The largest absolute Gasteiger partial charge is 0.490 e. The van der Waals surface area contributed by atoms with Crippen molar-refractivity contribution in [1.29, 1.82) is 0 Å². The van der Waals surface area contributed by atoms with Crippen LogP contribution in [0.25, 0.3) is 12.2 Å². The fourth-order valence-corrected chi connectivity index (χ4v) is 2.76. The first-order chi connectivity index (χ1) is 14.1. The molecule has 29 heavy (non-hydrogen) atoms. The van der Waals surface area contributed by atoms with Gasteiger partial charge in [-0.05, 0) is 29.8 Å². The first-order valence-corrected chi connectivity index (χ1v) is 9.04. The second-order valence-corrected chi connectivity index (χ2v) is 6.12. The number of nitrogens with zero attached hydrogens (tertiary/aromatic N) is 2. The van der Waals surface area contributed by atoms with Gasteiger partial charge in [-0.2, -0.15) is 0 Å². The maximum absolute atomic E-state index is 12.9. The highest BCUT2D eigenvalue weighted by Gasteiger charge is 2.05. The third kappa shape index (κ3) is 5.07. The van der Waals surface area contributed by atoms with Gasteiger partial charge in [-0.25, -0.2) is 0 Å². The highest BCUT2D eigenvalue weighted by Crippen LogP contribution is 2.08. The number of benzene rings is 1. The maximum atomic E-state index is 12.9. The van der Waals surface area contributed by atoms with Gasteiger partial charge in [0, 0.05) is 6.54 Å². The molecule has 3 N–H and O–H groups in total. The van der Waals surface area contributed by atoms with E-state index in [4.69, 9.17) is 9.84 Å². The topological polar surface area (TPSA) is 117 Å². The molecule has 1 aromatic carbocycles. The lowest BCUT2D eigenvalue weighted by molar-refractivity contribution is 0.201. The van der Waals surface area contributed by atoms with Crippen molar-refractivity contribution in [2.24, 2.45) is 0 Å². The van der Waals surface area contributed by atoms with Crippen LogP contribution in [-0.4, -0.2) is 44.6 Å². The van der Waals surface area contributed by atoms with Gasteiger partial charge in [0.1, 0.15) is 23.1 Å². The fraction of sp³-hybridized carbons (Fsp3) is 0.190. The molecule has 0 amide bonds. The Bertz CT molecular complexity index is 1180. The van der Waals surface area contributed by atoms with Gasteiger partial charge in [-0.15, -0.1) is 0 Å². The Balaban J connectivity index is 2.10. The summed E-state index contributed by atoms with van der Waals surface area (Å²) in [4.78, 5) is 32.3. The number of aromatic amines is 1. The fourth-order valence-electron chi connectivity index (χ4n) is 2.76. The van der Waals surface area contributed by atoms with E-state index in [2.05, 4.69) is 9.97 Å². The monoisotopic (exact) mass is 395 g/mol. The Morgan fingerprint density at radius 2 is 1.83 bits per heavy atom. The molecule has 2 heterocycles. The summed E-state index contributed by atoms with van der Waals surface area (Å²) in [6.45, 7) is -0.244. The summed E-state index contributed by atoms with van der Waals surface area (Å²) < 4.78 is 6.49. The quantitative estimate of drug-likeness (QED) is 0.470. The van der Waals surface area contributed by atoms with Gasteiger partial charge < -0.3 is 19.9 Å². The number of hydrogen-bond donors (Lipinski definition) is 3. The molecule has 0 unspecified atom stereocenters. The molecule has 0 aliphatic heterocycles. The average molecular weight is 395 g/mol. The lowest BCUT2D eigenvalue weighted by atomic mass is 10.2. The van der Waals surface area contributed by atoms with Crippen LogP contribution in [0.15, 0.2) is 58.3 Å². The molecule has 0 aliphatic rings. The number of rotatable bonds is 7. The second kappa shape index (κ2) is 9.63. The smallest absolute Gasteiger partial charge is 0.275 e. The average Bonchev–Trinajstić information content (AvgIpc) is 2.74. The molecule has 0 atom stereocenters. The lowest BCUT2D eigenvalue weighted by Crippen LogP contribution is -2.53. The maximum Gasteiger partial charge on any atom is 0.275 e. The SMILES string of the molecule is O=c1[nH]/c(=C/c2ccc(OCCO)cn2)c(=O)n(CCO)/c1=C/c1ccccc1. The summed E-state index contributed by atoms with van der Waals surface area (Å²) >= 11 is 0. The first kappa shape index (κ1) is 20.2. The molecule has 3 rings (SSSR count). The van der Waals surface area contributed by atoms with E-state index < -0.39 is 11.1 Å². The third-order valence-electron chi connectivity index (χ3n) is 4.09. The Morgan fingerprint density at radius 1 is 1.03 bits per heavy atom. The minimum atomic E-state index is -0.448. The van der Waals surface area contributed by atoms with Crippen molar-refractivity contribution in [2.75, 3.05) is 19.8 Å². The minimum absolute atomic E-state index is 0.0103. The predicted molar refractivity (Wildman–Crippen MR) is 108 cm³/mol. The summed E-state index contributed by atoms with van der Waals surface area (Å²) in [6.07, 6.45) is 4.52. The molecule has 0 fully saturated rings. The summed E-state index contributed by atoms with van der Waals surface area (Å²) in [7, 11) is 0. The van der Waals surface area contributed by atoms with Crippen molar-refractivity contribution in [1.82, 2.24) is 14.5 Å². The Kier molecular flexibility index (Phi) is 6.72. The van der Waals surface area contributed by atoms with E-state index in [0.29, 0.717) is 11.4 Å². The minimum Gasteiger partial charge on any atom is -0.490 e. The number of pyridine rings is 1. The Labute approximate surface area is 165 Å². The molecular formula is C21H21N3O5. The number of ether oxygens (including phenoxy) is 1. The Hall–Kier alpha value is -3.49. The van der Waals surface area contributed by atoms with Gasteiger partial charge in [0.15, 0.2) is 0 Å². The van der Waals surface area contributed by atoms with Crippen LogP contribution < -0.4 is 26.6 Å². The summed E-state index contributed by atoms with van der Waals surface area (Å²) in [5.41, 5.74) is 0.324. The van der Waals surface area contributed by atoms with Crippen molar-refractivity contribution < 1.29 is 14.9 Å². The molecule has 8 heteroatoms. The van der Waals surface area contributed by atoms with E-state index in [9.17, 15) is 14.7 Å². The zero-order valence-electron chi connectivity index (χ0n) is 15.6. The van der Waals surface area contributed by atoms with E-state index in [1.54, 1.807) is 18.2 Å². The van der Waals surface area contributed by atoms with Gasteiger partial charge in [-0.1, -0.05) is 30.3 Å². The molecule has 0 aliphatic carbocycles. The van der Waals surface area contributed by atoms with Gasteiger partial charge in [0.25, 0.3) is 11.1 Å². The molecule has 0 saturated carbocycles. The molecule has 3 aromatic rings. The molecule has 0 saturated heterocycles. The number of aliphatic hydroxyl groups excluding tert-OH is 2. The summed E-state index contributed by atoms with van der Waals surface area (Å²) in [6, 6.07) is 12.4. The number of aliphatic hydroxyl groups is 2. The standard InChI is InChI=1S/C21H21N3O5/c25-9-8-24-19(12-15-4-2-1-3-5-15)20(27)23-18(21(24)28)13-16-6-7-17(14-22-16)29-11-10-26/h1-7,12-14,25-26H,8-11H2,(H,23,27)/b18-13+,19-12+. The normalized spacial score (nSPS) is 12.3. The second-order valence-electron chi connectivity index (χ2n) is 6.12. The van der Waals surface area contributed by atoms with Crippen LogP contribution >= 0.6 is 0 Å². The predicted octanol–water partition coefficient (Wildman–Crippen LogP) is -1.05. The van der Waals surface area contributed by atoms with Crippen molar-refractivity contribution in [2.45, 2.75) is 6.54 Å². The van der Waals surface area contributed by atoms with E-state index >= 15 is 0 Å². The van der Waals surface area contributed by atoms with Crippen LogP contribution in [0.3, 0.4) is 0 Å². The van der Waals surface area contributed by atoms with E-state index in [1.165, 1.54) is 16.8 Å².